The third-order valence-electron chi connectivity index (χ3n) is 4.60. The molecule has 0 atom stereocenters. The van der Waals surface area contributed by atoms with E-state index in [-0.39, 0.29) is 28.7 Å². The Hall–Kier alpha value is -4.94. The molecular formula is C20H17N9O4. The van der Waals surface area contributed by atoms with Crippen LogP contribution in [0.25, 0.3) is 17.1 Å². The molecule has 13 nitrogen and oxygen atoms in total. The van der Waals surface area contributed by atoms with Crippen molar-refractivity contribution < 1.29 is 14.3 Å². The fraction of sp³-hybridized carbons (Fsp3) is 0.100. The fourth-order valence-corrected chi connectivity index (χ4v) is 3.02. The molecule has 2 aromatic heterocycles. The lowest BCUT2D eigenvalue weighted by Gasteiger charge is -2.05. The van der Waals surface area contributed by atoms with Crippen LogP contribution in [0.1, 0.15) is 22.5 Å². The molecule has 0 bridgehead atoms. The molecule has 13 heteroatoms. The van der Waals surface area contributed by atoms with Gasteiger partial charge in [0.15, 0.2) is 5.69 Å². The number of nitro benzene ring substituents is 1. The van der Waals surface area contributed by atoms with Crippen molar-refractivity contribution >= 4 is 23.6 Å². The first-order valence-corrected chi connectivity index (χ1v) is 9.69. The number of anilines is 1. The summed E-state index contributed by atoms with van der Waals surface area (Å²) in [5.41, 5.74) is 9.71. The average molecular weight is 447 g/mol. The third kappa shape index (κ3) is 4.71. The minimum absolute atomic E-state index is 0.0151. The Balaban J connectivity index is 1.57. The summed E-state index contributed by atoms with van der Waals surface area (Å²) in [5.74, 6) is -0.698. The van der Waals surface area contributed by atoms with Crippen molar-refractivity contribution in [3.63, 3.8) is 0 Å². The van der Waals surface area contributed by atoms with Gasteiger partial charge in [-0.15, -0.1) is 5.10 Å². The number of carbonyl (C=O) groups excluding carboxylic acids is 1. The van der Waals surface area contributed by atoms with E-state index in [4.69, 9.17) is 5.73 Å². The van der Waals surface area contributed by atoms with E-state index in [1.807, 2.05) is 30.3 Å². The number of nitrogens with two attached hydrogens (primary N) is 1. The highest BCUT2D eigenvalue weighted by Crippen LogP contribution is 2.28. The monoisotopic (exact) mass is 447 g/mol. The summed E-state index contributed by atoms with van der Waals surface area (Å²) >= 11 is 0. The maximum atomic E-state index is 12.8. The lowest BCUT2D eigenvalue weighted by atomic mass is 10.1. The highest BCUT2D eigenvalue weighted by atomic mass is 16.6. The lowest BCUT2D eigenvalue weighted by Crippen LogP contribution is -2.19. The zero-order chi connectivity index (χ0) is 23.2. The zero-order valence-electron chi connectivity index (χ0n) is 17.0. The predicted octanol–water partition coefficient (Wildman–Crippen LogP) is 2.16. The summed E-state index contributed by atoms with van der Waals surface area (Å²) in [6.07, 6.45) is 2.97. The van der Waals surface area contributed by atoms with Gasteiger partial charge in [-0.3, -0.25) is 14.9 Å². The number of nitrogens with zero attached hydrogens (tertiary/aromatic N) is 7. The fourth-order valence-electron chi connectivity index (χ4n) is 3.02. The number of benzene rings is 2. The number of nitrogens with one attached hydrogen (secondary N) is 1. The van der Waals surface area contributed by atoms with Crippen LogP contribution in [0.15, 0.2) is 64.3 Å². The van der Waals surface area contributed by atoms with E-state index in [0.717, 1.165) is 12.0 Å². The molecule has 4 rings (SSSR count). The van der Waals surface area contributed by atoms with Crippen LogP contribution in [0.3, 0.4) is 0 Å². The van der Waals surface area contributed by atoms with Crippen LogP contribution >= 0.6 is 0 Å². The number of nitrogen functional groups attached to an aromatic ring is 1. The van der Waals surface area contributed by atoms with Gasteiger partial charge < -0.3 is 5.73 Å². The molecule has 0 aliphatic rings. The Morgan fingerprint density at radius 1 is 1.18 bits per heavy atom. The van der Waals surface area contributed by atoms with Crippen LogP contribution in [0.4, 0.5) is 11.5 Å². The topological polar surface area (TPSA) is 180 Å². The summed E-state index contributed by atoms with van der Waals surface area (Å²) in [7, 11) is 0. The molecule has 3 N–H and O–H groups in total. The highest BCUT2D eigenvalue weighted by molar-refractivity contribution is 5.98. The van der Waals surface area contributed by atoms with E-state index >= 15 is 0 Å². The summed E-state index contributed by atoms with van der Waals surface area (Å²) < 4.78 is 5.78. The number of amides is 1. The number of non-ortho nitro benzene ring substituents is 1. The van der Waals surface area contributed by atoms with Gasteiger partial charge in [-0.25, -0.2) is 10.1 Å². The molecule has 0 saturated heterocycles. The molecule has 2 aromatic carbocycles. The van der Waals surface area contributed by atoms with E-state index in [1.165, 1.54) is 28.9 Å². The van der Waals surface area contributed by atoms with E-state index in [1.54, 1.807) is 6.21 Å². The van der Waals surface area contributed by atoms with Crippen molar-refractivity contribution in [1.82, 2.24) is 30.7 Å². The van der Waals surface area contributed by atoms with Gasteiger partial charge >= 0.3 is 0 Å². The Morgan fingerprint density at radius 2 is 1.94 bits per heavy atom. The number of hydrogen-bond donors (Lipinski definition) is 2. The van der Waals surface area contributed by atoms with Crippen molar-refractivity contribution in [2.45, 2.75) is 12.8 Å². The van der Waals surface area contributed by atoms with E-state index in [2.05, 4.69) is 35.8 Å². The molecule has 0 radical (unpaired) electrons. The SMILES string of the molecule is Nc1nonc1-n1nnc(C(=O)NN=CCCc2ccccc2)c1-c1ccc([N+](=O)[O-])cc1. The molecular weight excluding hydrogens is 430 g/mol. The predicted molar refractivity (Wildman–Crippen MR) is 116 cm³/mol. The molecule has 0 aliphatic carbocycles. The molecule has 166 valence electrons. The van der Waals surface area contributed by atoms with Crippen LogP contribution in [0.2, 0.25) is 0 Å². The standard InChI is InChI=1S/C20H17N9O4/c21-18-19(26-33-25-18)28-17(14-8-10-15(11-9-14)29(31)32)16(23-27-28)20(30)24-22-12-4-7-13-5-2-1-3-6-13/h1-3,5-6,8-12H,4,7H2,(H2,21,25)(H,24,30). The third-order valence-corrected chi connectivity index (χ3v) is 4.60. The van der Waals surface area contributed by atoms with Gasteiger partial charge in [0.1, 0.15) is 5.69 Å². The van der Waals surface area contributed by atoms with Crippen LogP contribution in [-0.2, 0) is 6.42 Å². The quantitative estimate of drug-likeness (QED) is 0.232. The maximum Gasteiger partial charge on any atom is 0.294 e. The summed E-state index contributed by atoms with van der Waals surface area (Å²) in [4.78, 5) is 23.2. The molecule has 1 amide bonds. The van der Waals surface area contributed by atoms with Gasteiger partial charge in [-0.1, -0.05) is 35.5 Å². The smallest absolute Gasteiger partial charge is 0.294 e. The van der Waals surface area contributed by atoms with Crippen LogP contribution in [0.5, 0.6) is 0 Å². The number of carbonyl (C=O) groups is 1. The summed E-state index contributed by atoms with van der Waals surface area (Å²) in [6.45, 7) is 0. The van der Waals surface area contributed by atoms with Crippen molar-refractivity contribution in [2.24, 2.45) is 5.10 Å². The largest absolute Gasteiger partial charge is 0.378 e. The second-order valence-corrected chi connectivity index (χ2v) is 6.75. The van der Waals surface area contributed by atoms with E-state index < -0.39 is 10.8 Å². The van der Waals surface area contributed by atoms with Crippen LogP contribution in [0, 0.1) is 10.1 Å². The van der Waals surface area contributed by atoms with Gasteiger partial charge in [-0.05, 0) is 40.9 Å². The Labute approximate surface area is 186 Å². The van der Waals surface area contributed by atoms with Gasteiger partial charge in [0.25, 0.3) is 11.6 Å². The highest BCUT2D eigenvalue weighted by Gasteiger charge is 2.25. The lowest BCUT2D eigenvalue weighted by molar-refractivity contribution is -0.384. The second kappa shape index (κ2) is 9.47. The number of aromatic nitrogens is 5. The van der Waals surface area contributed by atoms with Gasteiger partial charge in [0, 0.05) is 23.9 Å². The van der Waals surface area contributed by atoms with Crippen LogP contribution in [-0.4, -0.2) is 42.4 Å². The molecule has 33 heavy (non-hydrogen) atoms. The molecule has 0 saturated carbocycles. The minimum Gasteiger partial charge on any atom is -0.378 e. The van der Waals surface area contributed by atoms with E-state index in [0.29, 0.717) is 12.0 Å². The molecule has 0 fully saturated rings. The number of hydrazone groups is 1. The maximum absolute atomic E-state index is 12.8. The first-order valence-electron chi connectivity index (χ1n) is 9.69. The summed E-state index contributed by atoms with van der Waals surface area (Å²) in [6, 6.07) is 15.4. The molecule has 0 unspecified atom stereocenters. The minimum atomic E-state index is -0.638. The summed E-state index contributed by atoms with van der Waals surface area (Å²) in [5, 5.41) is 30.0. The first-order chi connectivity index (χ1) is 16.0. The first kappa shape index (κ1) is 21.3. The normalized spacial score (nSPS) is 11.0. The number of nitro groups is 1. The number of rotatable bonds is 8. The molecule has 0 spiro atoms. The molecule has 2 heterocycles. The molecule has 4 aromatic rings. The Bertz CT molecular complexity index is 1300. The Kier molecular flexibility index (Phi) is 6.11. The van der Waals surface area contributed by atoms with Gasteiger partial charge in [0.2, 0.25) is 11.6 Å². The number of hydrogen-bond acceptors (Lipinski definition) is 10. The van der Waals surface area contributed by atoms with Crippen molar-refractivity contribution in [3.8, 4) is 17.1 Å². The number of aryl methyl sites for hydroxylation is 1. The van der Waals surface area contributed by atoms with Gasteiger partial charge in [-0.2, -0.15) is 9.78 Å². The van der Waals surface area contributed by atoms with Gasteiger partial charge in [0.05, 0.1) is 4.92 Å². The van der Waals surface area contributed by atoms with Crippen LogP contribution < -0.4 is 11.2 Å². The molecule has 0 aliphatic heterocycles. The van der Waals surface area contributed by atoms with Crippen molar-refractivity contribution in [2.75, 3.05) is 5.73 Å². The van der Waals surface area contributed by atoms with Crippen molar-refractivity contribution in [3.05, 3.63) is 76.0 Å². The zero-order valence-corrected chi connectivity index (χ0v) is 17.0. The Morgan fingerprint density at radius 3 is 2.61 bits per heavy atom. The second-order valence-electron chi connectivity index (χ2n) is 6.75. The average Bonchev–Trinajstić information content (AvgIpc) is 3.45. The van der Waals surface area contributed by atoms with Crippen molar-refractivity contribution in [1.29, 1.82) is 0 Å². The van der Waals surface area contributed by atoms with E-state index in [9.17, 15) is 14.9 Å².